The lowest BCUT2D eigenvalue weighted by atomic mass is 10.1. The van der Waals surface area contributed by atoms with Crippen molar-refractivity contribution in [2.24, 2.45) is 0 Å². The first kappa shape index (κ1) is 12.0. The molecule has 1 aliphatic rings. The van der Waals surface area contributed by atoms with Gasteiger partial charge in [0.15, 0.2) is 0 Å². The summed E-state index contributed by atoms with van der Waals surface area (Å²) in [6.07, 6.45) is 2.73. The number of rotatable bonds is 4. The van der Waals surface area contributed by atoms with Crippen molar-refractivity contribution in [1.29, 1.82) is 0 Å². The van der Waals surface area contributed by atoms with Crippen LogP contribution >= 0.6 is 39.0 Å². The monoisotopic (exact) mass is 305 g/mol. The van der Waals surface area contributed by atoms with Crippen LogP contribution in [0.4, 0.5) is 0 Å². The van der Waals surface area contributed by atoms with Crippen LogP contribution in [0.5, 0.6) is 0 Å². The molecule has 0 radical (unpaired) electrons. The molecule has 1 aromatic heterocycles. The van der Waals surface area contributed by atoms with Gasteiger partial charge >= 0.3 is 0 Å². The first-order valence-electron chi connectivity index (χ1n) is 5.40. The summed E-state index contributed by atoms with van der Waals surface area (Å²) >= 11 is 7.63. The largest absolute Gasteiger partial charge is 0.309 e. The van der Waals surface area contributed by atoms with Gasteiger partial charge in [-0.25, -0.2) is 0 Å². The highest BCUT2D eigenvalue weighted by Gasteiger charge is 2.28. The first-order valence-corrected chi connectivity index (χ1v) is 8.13. The topological polar surface area (TPSA) is 12.0 Å². The molecule has 0 spiro atoms. The van der Waals surface area contributed by atoms with E-state index in [1.165, 1.54) is 27.9 Å². The maximum atomic E-state index is 3.65. The van der Waals surface area contributed by atoms with Crippen LogP contribution in [0.25, 0.3) is 0 Å². The Kier molecular flexibility index (Phi) is 4.55. The zero-order chi connectivity index (χ0) is 10.7. The summed E-state index contributed by atoms with van der Waals surface area (Å²) in [5.41, 5.74) is 0. The molecule has 2 heterocycles. The molecular formula is C11H16BrNS2. The summed E-state index contributed by atoms with van der Waals surface area (Å²) < 4.78 is 1.27. The van der Waals surface area contributed by atoms with Crippen LogP contribution < -0.4 is 5.32 Å². The third-order valence-electron chi connectivity index (χ3n) is 2.69. The molecule has 0 amide bonds. The van der Waals surface area contributed by atoms with Gasteiger partial charge in [0.25, 0.3) is 0 Å². The molecule has 1 saturated heterocycles. The Morgan fingerprint density at radius 2 is 2.53 bits per heavy atom. The van der Waals surface area contributed by atoms with Crippen molar-refractivity contribution in [3.63, 3.8) is 0 Å². The zero-order valence-corrected chi connectivity index (χ0v) is 12.1. The highest BCUT2D eigenvalue weighted by atomic mass is 79.9. The summed E-state index contributed by atoms with van der Waals surface area (Å²) in [6.45, 7) is 3.24. The molecule has 4 heteroatoms. The second kappa shape index (κ2) is 5.71. The van der Waals surface area contributed by atoms with E-state index in [4.69, 9.17) is 0 Å². The molecule has 0 bridgehead atoms. The quantitative estimate of drug-likeness (QED) is 0.900. The molecular weight excluding hydrogens is 290 g/mol. The summed E-state index contributed by atoms with van der Waals surface area (Å²) in [7, 11) is 0. The van der Waals surface area contributed by atoms with Gasteiger partial charge in [-0.2, -0.15) is 11.8 Å². The van der Waals surface area contributed by atoms with Gasteiger partial charge in [0.05, 0.1) is 6.04 Å². The van der Waals surface area contributed by atoms with Crippen LogP contribution in [0.2, 0.25) is 0 Å². The van der Waals surface area contributed by atoms with E-state index in [1.54, 1.807) is 0 Å². The van der Waals surface area contributed by atoms with Crippen molar-refractivity contribution < 1.29 is 0 Å². The predicted octanol–water partition coefficient (Wildman–Crippen LogP) is 4.06. The zero-order valence-electron chi connectivity index (χ0n) is 8.83. The predicted molar refractivity (Wildman–Crippen MR) is 73.9 cm³/mol. The summed E-state index contributed by atoms with van der Waals surface area (Å²) in [5, 5.41) is 6.56. The van der Waals surface area contributed by atoms with Gasteiger partial charge in [0, 0.05) is 14.6 Å². The average molecular weight is 306 g/mol. The van der Waals surface area contributed by atoms with Gasteiger partial charge in [0.1, 0.15) is 0 Å². The molecule has 2 unspecified atom stereocenters. The molecule has 1 N–H and O–H groups in total. The number of hydrogen-bond donors (Lipinski definition) is 1. The molecule has 1 nitrogen and oxygen atoms in total. The normalized spacial score (nSPS) is 23.2. The molecule has 2 rings (SSSR count). The fourth-order valence-electron chi connectivity index (χ4n) is 2.01. The standard InChI is InChI=1S/C11H16BrNS2/c1-2-13-10(9-4-3-6-14-9)11-8(12)5-7-15-11/h5,7,9-10,13H,2-4,6H2,1H3. The summed E-state index contributed by atoms with van der Waals surface area (Å²) in [4.78, 5) is 1.47. The third kappa shape index (κ3) is 2.78. The van der Waals surface area contributed by atoms with E-state index in [0.29, 0.717) is 6.04 Å². The Balaban J connectivity index is 2.15. The Hall–Kier alpha value is 0.490. The van der Waals surface area contributed by atoms with E-state index in [-0.39, 0.29) is 0 Å². The van der Waals surface area contributed by atoms with Crippen LogP contribution in [0.3, 0.4) is 0 Å². The molecule has 84 valence electrons. The Bertz CT molecular complexity index is 307. The molecule has 0 saturated carbocycles. The van der Waals surface area contributed by atoms with Crippen LogP contribution in [0.1, 0.15) is 30.7 Å². The van der Waals surface area contributed by atoms with Crippen molar-refractivity contribution >= 4 is 39.0 Å². The second-order valence-corrected chi connectivity index (χ2v) is 6.87. The summed E-state index contributed by atoms with van der Waals surface area (Å²) in [6, 6.07) is 2.70. The lowest BCUT2D eigenvalue weighted by molar-refractivity contribution is 0.525. The summed E-state index contributed by atoms with van der Waals surface area (Å²) in [5.74, 6) is 1.33. The molecule has 1 aliphatic heterocycles. The maximum absolute atomic E-state index is 3.65. The van der Waals surface area contributed by atoms with E-state index >= 15 is 0 Å². The van der Waals surface area contributed by atoms with Crippen molar-refractivity contribution in [3.8, 4) is 0 Å². The highest BCUT2D eigenvalue weighted by molar-refractivity contribution is 9.10. The SMILES string of the molecule is CCNC(c1sccc1Br)C1CCCS1. The Labute approximate surface area is 108 Å². The van der Waals surface area contributed by atoms with E-state index < -0.39 is 0 Å². The maximum Gasteiger partial charge on any atom is 0.0546 e. The van der Waals surface area contributed by atoms with Crippen molar-refractivity contribution in [2.45, 2.75) is 31.1 Å². The third-order valence-corrected chi connectivity index (χ3v) is 6.10. The fraction of sp³-hybridized carbons (Fsp3) is 0.636. The van der Waals surface area contributed by atoms with Crippen molar-refractivity contribution in [2.75, 3.05) is 12.3 Å². The van der Waals surface area contributed by atoms with Gasteiger partial charge < -0.3 is 5.32 Å². The number of halogens is 1. The number of thiophene rings is 1. The van der Waals surface area contributed by atoms with E-state index in [1.807, 2.05) is 11.3 Å². The number of hydrogen-bond acceptors (Lipinski definition) is 3. The van der Waals surface area contributed by atoms with E-state index in [9.17, 15) is 0 Å². The van der Waals surface area contributed by atoms with Crippen LogP contribution in [0, 0.1) is 0 Å². The lowest BCUT2D eigenvalue weighted by Crippen LogP contribution is -2.28. The lowest BCUT2D eigenvalue weighted by Gasteiger charge is -2.23. The average Bonchev–Trinajstić information content (AvgIpc) is 2.85. The minimum Gasteiger partial charge on any atom is -0.309 e. The molecule has 0 aliphatic carbocycles. The minimum atomic E-state index is 0.539. The molecule has 15 heavy (non-hydrogen) atoms. The fourth-order valence-corrected chi connectivity index (χ4v) is 5.25. The number of nitrogens with one attached hydrogen (secondary N) is 1. The van der Waals surface area contributed by atoms with E-state index in [0.717, 1.165) is 11.8 Å². The molecule has 2 atom stereocenters. The van der Waals surface area contributed by atoms with Gasteiger partial charge in [-0.1, -0.05) is 6.92 Å². The molecule has 1 aromatic rings. The van der Waals surface area contributed by atoms with Crippen molar-refractivity contribution in [1.82, 2.24) is 5.32 Å². The van der Waals surface area contributed by atoms with Gasteiger partial charge in [-0.05, 0) is 52.5 Å². The Morgan fingerprint density at radius 1 is 1.67 bits per heavy atom. The Morgan fingerprint density at radius 3 is 3.07 bits per heavy atom. The van der Waals surface area contributed by atoms with E-state index in [2.05, 4.69) is 51.4 Å². The smallest absolute Gasteiger partial charge is 0.0546 e. The first-order chi connectivity index (χ1) is 7.33. The van der Waals surface area contributed by atoms with Gasteiger partial charge in [0.2, 0.25) is 0 Å². The molecule has 1 fully saturated rings. The minimum absolute atomic E-state index is 0.539. The van der Waals surface area contributed by atoms with Crippen LogP contribution in [-0.4, -0.2) is 17.5 Å². The van der Waals surface area contributed by atoms with Crippen molar-refractivity contribution in [3.05, 3.63) is 20.8 Å². The number of thioether (sulfide) groups is 1. The van der Waals surface area contributed by atoms with Gasteiger partial charge in [-0.15, -0.1) is 11.3 Å². The van der Waals surface area contributed by atoms with Crippen LogP contribution in [-0.2, 0) is 0 Å². The molecule has 0 aromatic carbocycles. The second-order valence-electron chi connectivity index (χ2n) is 3.72. The highest BCUT2D eigenvalue weighted by Crippen LogP contribution is 2.40. The van der Waals surface area contributed by atoms with Gasteiger partial charge in [-0.3, -0.25) is 0 Å². The van der Waals surface area contributed by atoms with Crippen LogP contribution in [0.15, 0.2) is 15.9 Å².